The number of rotatable bonds is 3. The van der Waals surface area contributed by atoms with Crippen LogP contribution in [-0.4, -0.2) is 57.0 Å². The first-order valence-corrected chi connectivity index (χ1v) is 21.1. The third-order valence-corrected chi connectivity index (χ3v) is 13.1. The molecule has 0 bridgehead atoms. The Morgan fingerprint density at radius 3 is 0.775 bits per heavy atom. The molecule has 0 N–H and O–H groups in total. The molecule has 3 nitrogen and oxygen atoms in total. The van der Waals surface area contributed by atoms with Crippen LogP contribution < -0.4 is 0 Å². The average Bonchev–Trinajstić information content (AvgIpc) is 2.99. The SMILES string of the molecule is C[PH+](C)C1CC([PH+](C)C)CC([PH+](C)C)C1.[C-]#[N+]c1ccccc1.[C-]#[N+]c1ccccc1.[C-]#[N+]c1ccccc1.[W]. The standard InChI is InChI=1S/C12H27P3.3C7H5N.W/c1-13(2)10-7-11(14(3)4)9-12(8-10)15(5)6;3*1-8-7-5-3-2-4-6-7;/h10-12H,7-9H2,1-6H3;3*2-6H;/p+3. The monoisotopic (exact) mass is 760 g/mol. The molecule has 210 valence electrons. The third-order valence-electron chi connectivity index (χ3n) is 6.81. The van der Waals surface area contributed by atoms with Gasteiger partial charge in [0.2, 0.25) is 0 Å². The van der Waals surface area contributed by atoms with Crippen molar-refractivity contribution in [3.05, 3.63) is 125 Å². The van der Waals surface area contributed by atoms with E-state index in [1.54, 1.807) is 55.7 Å². The first-order chi connectivity index (χ1) is 18.7. The van der Waals surface area contributed by atoms with E-state index >= 15 is 0 Å². The molecular formula is C33H45N3P3W+3. The van der Waals surface area contributed by atoms with E-state index < -0.39 is 0 Å². The van der Waals surface area contributed by atoms with Gasteiger partial charge in [-0.15, -0.1) is 0 Å². The third kappa shape index (κ3) is 16.4. The number of benzene rings is 3. The fourth-order valence-electron chi connectivity index (χ4n) is 4.24. The summed E-state index contributed by atoms with van der Waals surface area (Å²) in [4.78, 5) is 9.66. The van der Waals surface area contributed by atoms with Gasteiger partial charge in [0.15, 0.2) is 17.1 Å². The van der Waals surface area contributed by atoms with Crippen LogP contribution in [0, 0.1) is 19.7 Å². The maximum absolute atomic E-state index is 6.57. The molecule has 0 aliphatic heterocycles. The van der Waals surface area contributed by atoms with E-state index in [2.05, 4.69) is 54.5 Å². The first kappa shape index (κ1) is 38.1. The quantitative estimate of drug-likeness (QED) is 0.186. The van der Waals surface area contributed by atoms with Gasteiger partial charge in [-0.1, -0.05) is 91.0 Å². The number of hydrogen-bond acceptors (Lipinski definition) is 0. The van der Waals surface area contributed by atoms with Gasteiger partial charge in [0.1, 0.15) is 0 Å². The molecule has 0 saturated heterocycles. The Kier molecular flexibility index (Phi) is 21.7. The Bertz CT molecular complexity index is 1010. The Morgan fingerprint density at radius 2 is 0.650 bits per heavy atom. The summed E-state index contributed by atoms with van der Waals surface area (Å²) in [5.41, 5.74) is 5.52. The molecule has 1 aliphatic carbocycles. The zero-order valence-corrected chi connectivity index (χ0v) is 30.7. The van der Waals surface area contributed by atoms with E-state index in [0.717, 1.165) is 17.0 Å². The Hall–Kier alpha value is -1.89. The molecule has 0 radical (unpaired) electrons. The minimum atomic E-state index is -0.0338. The topological polar surface area (TPSA) is 13.1 Å². The summed E-state index contributed by atoms with van der Waals surface area (Å²) in [6.45, 7) is 34.9. The Labute approximate surface area is 262 Å². The van der Waals surface area contributed by atoms with Gasteiger partial charge >= 0.3 is 0 Å². The number of hydrogen-bond donors (Lipinski definition) is 0. The maximum Gasteiger partial charge on any atom is 0.187 e. The van der Waals surface area contributed by atoms with Crippen molar-refractivity contribution in [2.24, 2.45) is 0 Å². The van der Waals surface area contributed by atoms with Crippen molar-refractivity contribution < 1.29 is 21.1 Å². The Morgan fingerprint density at radius 1 is 0.450 bits per heavy atom. The summed E-state index contributed by atoms with van der Waals surface area (Å²) >= 11 is 0. The zero-order valence-electron chi connectivity index (χ0n) is 24.8. The second kappa shape index (κ2) is 22.8. The molecule has 7 heteroatoms. The van der Waals surface area contributed by atoms with Crippen molar-refractivity contribution in [3.63, 3.8) is 0 Å². The molecule has 1 aliphatic rings. The maximum atomic E-state index is 6.57. The molecule has 0 aromatic heterocycles. The van der Waals surface area contributed by atoms with Gasteiger partial charge < -0.3 is 0 Å². The number of para-hydroxylation sites is 3. The predicted molar refractivity (Wildman–Crippen MR) is 184 cm³/mol. The van der Waals surface area contributed by atoms with Crippen molar-refractivity contribution in [2.75, 3.05) is 40.0 Å². The van der Waals surface area contributed by atoms with Crippen molar-refractivity contribution in [1.82, 2.24) is 0 Å². The van der Waals surface area contributed by atoms with Crippen LogP contribution in [0.2, 0.25) is 0 Å². The summed E-state index contributed by atoms with van der Waals surface area (Å²) in [7, 11) is -0.101. The molecule has 3 aromatic rings. The molecule has 0 heterocycles. The van der Waals surface area contributed by atoms with Crippen LogP contribution >= 0.6 is 23.8 Å². The van der Waals surface area contributed by atoms with Gasteiger partial charge in [0, 0.05) is 80.3 Å². The predicted octanol–water partition coefficient (Wildman–Crippen LogP) is 10.4. The van der Waals surface area contributed by atoms with Crippen LogP contribution in [0.25, 0.3) is 14.5 Å². The molecule has 1 fully saturated rings. The van der Waals surface area contributed by atoms with E-state index in [-0.39, 0.29) is 44.8 Å². The molecule has 0 unspecified atom stereocenters. The Balaban J connectivity index is 0.000000526. The normalized spacial score (nSPS) is 17.1. The molecule has 0 atom stereocenters. The zero-order chi connectivity index (χ0) is 29.0. The molecule has 0 amide bonds. The minimum absolute atomic E-state index is 0. The van der Waals surface area contributed by atoms with E-state index in [4.69, 9.17) is 19.7 Å². The summed E-state index contributed by atoms with van der Waals surface area (Å²) in [6.07, 6.45) is 4.77. The fraction of sp³-hybridized carbons (Fsp3) is 0.364. The summed E-state index contributed by atoms with van der Waals surface area (Å²) in [5, 5.41) is 0. The first-order valence-electron chi connectivity index (χ1n) is 13.4. The molecule has 40 heavy (non-hydrogen) atoms. The van der Waals surface area contributed by atoms with Crippen molar-refractivity contribution in [3.8, 4) is 0 Å². The van der Waals surface area contributed by atoms with E-state index in [9.17, 15) is 0 Å². The molecule has 0 spiro atoms. The minimum Gasteiger partial charge on any atom is -0.238 e. The van der Waals surface area contributed by atoms with Crippen LogP contribution in [0.4, 0.5) is 17.1 Å². The van der Waals surface area contributed by atoms with Gasteiger partial charge in [-0.05, 0) is 23.8 Å². The van der Waals surface area contributed by atoms with Crippen LogP contribution in [0.1, 0.15) is 19.3 Å². The van der Waals surface area contributed by atoms with Crippen LogP contribution in [0.5, 0.6) is 0 Å². The van der Waals surface area contributed by atoms with Gasteiger partial charge in [0.05, 0.1) is 36.7 Å². The van der Waals surface area contributed by atoms with Crippen LogP contribution in [-0.2, 0) is 21.1 Å². The van der Waals surface area contributed by atoms with Gasteiger partial charge in [-0.25, -0.2) is 14.5 Å². The van der Waals surface area contributed by atoms with Gasteiger partial charge in [-0.3, -0.25) is 0 Å². The van der Waals surface area contributed by atoms with Crippen LogP contribution in [0.15, 0.2) is 91.0 Å². The largest absolute Gasteiger partial charge is 0.238 e. The van der Waals surface area contributed by atoms with Gasteiger partial charge in [-0.2, -0.15) is 0 Å². The molecular weight excluding hydrogens is 715 g/mol. The second-order valence-corrected chi connectivity index (χ2v) is 19.3. The van der Waals surface area contributed by atoms with E-state index in [0.29, 0.717) is 17.1 Å². The van der Waals surface area contributed by atoms with Crippen LogP contribution in [0.3, 0.4) is 0 Å². The summed E-state index contributed by atoms with van der Waals surface area (Å²) < 4.78 is 0. The smallest absolute Gasteiger partial charge is 0.187 e. The van der Waals surface area contributed by atoms with E-state index in [1.807, 2.05) is 54.6 Å². The van der Waals surface area contributed by atoms with Crippen molar-refractivity contribution >= 4 is 40.8 Å². The second-order valence-electron chi connectivity index (χ2n) is 10.4. The fourth-order valence-corrected chi connectivity index (χ4v) is 9.48. The molecule has 1 saturated carbocycles. The molecule has 3 aromatic carbocycles. The van der Waals surface area contributed by atoms with Crippen molar-refractivity contribution in [1.29, 1.82) is 0 Å². The van der Waals surface area contributed by atoms with Gasteiger partial charge in [0.25, 0.3) is 0 Å². The summed E-state index contributed by atoms with van der Waals surface area (Å²) in [5.74, 6) is 0. The average molecular weight is 761 g/mol. The molecule has 4 rings (SSSR count). The van der Waals surface area contributed by atoms with Crippen molar-refractivity contribution in [2.45, 2.75) is 36.2 Å². The number of nitrogens with zero attached hydrogens (tertiary/aromatic N) is 3. The summed E-state index contributed by atoms with van der Waals surface area (Å²) in [6, 6.07) is 27.5. The van der Waals surface area contributed by atoms with E-state index in [1.165, 1.54) is 0 Å².